The average molecular weight is 348 g/mol. The molecular weight excluding hydrogens is 324 g/mol. The second-order valence-corrected chi connectivity index (χ2v) is 5.85. The molecule has 0 atom stereocenters. The van der Waals surface area contributed by atoms with Crippen LogP contribution in [-0.2, 0) is 4.79 Å². The van der Waals surface area contributed by atoms with Gasteiger partial charge >= 0.3 is 0 Å². The summed E-state index contributed by atoms with van der Waals surface area (Å²) in [6.45, 7) is 8.10. The number of hydrogen-bond acceptors (Lipinski definition) is 4. The molecule has 134 valence electrons. The number of amides is 1. The Morgan fingerprint density at radius 2 is 1.62 bits per heavy atom. The number of aryl methyl sites for hydroxylation is 1. The van der Waals surface area contributed by atoms with Crippen molar-refractivity contribution in [3.05, 3.63) is 65.9 Å². The Labute approximate surface area is 154 Å². The summed E-state index contributed by atoms with van der Waals surface area (Å²) in [5.41, 5.74) is 3.73. The van der Waals surface area contributed by atoms with Gasteiger partial charge < -0.3 is 15.5 Å². The number of nitriles is 1. The Balaban J connectivity index is 2.03. The summed E-state index contributed by atoms with van der Waals surface area (Å²) >= 11 is 0. The van der Waals surface area contributed by atoms with Gasteiger partial charge in [-0.2, -0.15) is 5.26 Å². The minimum atomic E-state index is -0.441. The summed E-state index contributed by atoms with van der Waals surface area (Å²) in [5, 5.41) is 15.0. The first-order chi connectivity index (χ1) is 12.6. The van der Waals surface area contributed by atoms with E-state index in [-0.39, 0.29) is 5.57 Å². The quantitative estimate of drug-likeness (QED) is 0.578. The van der Waals surface area contributed by atoms with Crippen LogP contribution in [0.1, 0.15) is 19.4 Å². The molecule has 0 heterocycles. The molecule has 0 aliphatic heterocycles. The SMILES string of the molecule is CCN(CC)c1ccc(N/C=C(/C#N)C(=O)Nc2ccc(C)cc2)cc1. The number of nitrogens with zero attached hydrogens (tertiary/aromatic N) is 2. The van der Waals surface area contributed by atoms with Crippen LogP contribution in [0.4, 0.5) is 17.1 Å². The van der Waals surface area contributed by atoms with E-state index in [0.717, 1.165) is 30.0 Å². The zero-order valence-corrected chi connectivity index (χ0v) is 15.4. The van der Waals surface area contributed by atoms with Gasteiger partial charge in [0.1, 0.15) is 11.6 Å². The lowest BCUT2D eigenvalue weighted by Crippen LogP contribution is -2.21. The predicted octanol–water partition coefficient (Wildman–Crippen LogP) is 4.30. The first-order valence-corrected chi connectivity index (χ1v) is 8.67. The summed E-state index contributed by atoms with van der Waals surface area (Å²) in [7, 11) is 0. The molecule has 0 aliphatic carbocycles. The fourth-order valence-electron chi connectivity index (χ4n) is 2.50. The number of hydrogen-bond donors (Lipinski definition) is 2. The Hall–Kier alpha value is -3.26. The van der Waals surface area contributed by atoms with Crippen LogP contribution in [0, 0.1) is 18.3 Å². The maximum absolute atomic E-state index is 12.2. The fraction of sp³-hybridized carbons (Fsp3) is 0.238. The van der Waals surface area contributed by atoms with Crippen LogP contribution in [0.15, 0.2) is 60.3 Å². The van der Waals surface area contributed by atoms with E-state index in [9.17, 15) is 10.1 Å². The van der Waals surface area contributed by atoms with Crippen molar-refractivity contribution in [3.63, 3.8) is 0 Å². The molecule has 1 amide bonds. The molecule has 26 heavy (non-hydrogen) atoms. The molecule has 0 bridgehead atoms. The molecular formula is C21H24N4O. The molecule has 0 saturated heterocycles. The van der Waals surface area contributed by atoms with Crippen LogP contribution in [0.25, 0.3) is 0 Å². The number of anilines is 3. The summed E-state index contributed by atoms with van der Waals surface area (Å²) < 4.78 is 0. The van der Waals surface area contributed by atoms with E-state index < -0.39 is 5.91 Å². The molecule has 0 radical (unpaired) electrons. The third-order valence-corrected chi connectivity index (χ3v) is 4.05. The predicted molar refractivity (Wildman–Crippen MR) is 107 cm³/mol. The van der Waals surface area contributed by atoms with E-state index in [1.807, 2.05) is 61.5 Å². The summed E-state index contributed by atoms with van der Waals surface area (Å²) in [6, 6.07) is 17.2. The summed E-state index contributed by atoms with van der Waals surface area (Å²) in [6.07, 6.45) is 1.43. The van der Waals surface area contributed by atoms with Crippen LogP contribution in [-0.4, -0.2) is 19.0 Å². The van der Waals surface area contributed by atoms with Crippen molar-refractivity contribution < 1.29 is 4.79 Å². The summed E-state index contributed by atoms with van der Waals surface area (Å²) in [5.74, 6) is -0.441. The van der Waals surface area contributed by atoms with E-state index in [1.54, 1.807) is 0 Å². The molecule has 2 rings (SSSR count). The van der Waals surface area contributed by atoms with Gasteiger partial charge in [-0.15, -0.1) is 0 Å². The lowest BCUT2D eigenvalue weighted by molar-refractivity contribution is -0.112. The van der Waals surface area contributed by atoms with E-state index in [2.05, 4.69) is 29.4 Å². The highest BCUT2D eigenvalue weighted by Crippen LogP contribution is 2.18. The zero-order chi connectivity index (χ0) is 18.9. The maximum Gasteiger partial charge on any atom is 0.267 e. The Morgan fingerprint density at radius 1 is 1.04 bits per heavy atom. The minimum absolute atomic E-state index is 0.0124. The normalized spacial score (nSPS) is 10.8. The van der Waals surface area contributed by atoms with Crippen molar-refractivity contribution in [2.45, 2.75) is 20.8 Å². The second kappa shape index (κ2) is 9.28. The third kappa shape index (κ3) is 5.12. The first-order valence-electron chi connectivity index (χ1n) is 8.67. The van der Waals surface area contributed by atoms with Gasteiger partial charge in [-0.3, -0.25) is 4.79 Å². The van der Waals surface area contributed by atoms with Gasteiger partial charge in [0.05, 0.1) is 0 Å². The maximum atomic E-state index is 12.2. The van der Waals surface area contributed by atoms with Gasteiger partial charge in [0.2, 0.25) is 0 Å². The lowest BCUT2D eigenvalue weighted by atomic mass is 10.2. The first kappa shape index (κ1) is 19.1. The molecule has 0 aliphatic rings. The van der Waals surface area contributed by atoms with Gasteiger partial charge in [-0.05, 0) is 57.2 Å². The standard InChI is InChI=1S/C21H24N4O/c1-4-25(5-2)20-12-10-18(11-13-20)23-15-17(14-22)21(26)24-19-8-6-16(3)7-9-19/h6-13,15,23H,4-5H2,1-3H3,(H,24,26)/b17-15-. The highest BCUT2D eigenvalue weighted by atomic mass is 16.1. The second-order valence-electron chi connectivity index (χ2n) is 5.85. The van der Waals surface area contributed by atoms with E-state index in [0.29, 0.717) is 5.69 Å². The Bertz CT molecular complexity index is 797. The smallest absolute Gasteiger partial charge is 0.267 e. The van der Waals surface area contributed by atoms with Crippen molar-refractivity contribution in [2.24, 2.45) is 0 Å². The van der Waals surface area contributed by atoms with Gasteiger partial charge in [-0.1, -0.05) is 17.7 Å². The van der Waals surface area contributed by atoms with Gasteiger partial charge in [-0.25, -0.2) is 0 Å². The molecule has 0 aromatic heterocycles. The van der Waals surface area contributed by atoms with Crippen LogP contribution in [0.2, 0.25) is 0 Å². The molecule has 2 aromatic rings. The van der Waals surface area contributed by atoms with Crippen molar-refractivity contribution in [3.8, 4) is 6.07 Å². The number of rotatable bonds is 7. The molecule has 5 nitrogen and oxygen atoms in total. The van der Waals surface area contributed by atoms with E-state index >= 15 is 0 Å². The number of carbonyl (C=O) groups is 1. The van der Waals surface area contributed by atoms with E-state index in [1.165, 1.54) is 6.20 Å². The van der Waals surface area contributed by atoms with Gasteiger partial charge in [0.15, 0.2) is 0 Å². The van der Waals surface area contributed by atoms with Gasteiger partial charge in [0, 0.05) is 36.4 Å². The van der Waals surface area contributed by atoms with Crippen molar-refractivity contribution >= 4 is 23.0 Å². The molecule has 2 aromatic carbocycles. The topological polar surface area (TPSA) is 68.2 Å². The Kier molecular flexibility index (Phi) is 6.81. The number of carbonyl (C=O) groups excluding carboxylic acids is 1. The third-order valence-electron chi connectivity index (χ3n) is 4.05. The van der Waals surface area contributed by atoms with Gasteiger partial charge in [0.25, 0.3) is 5.91 Å². The largest absolute Gasteiger partial charge is 0.372 e. The Morgan fingerprint density at radius 3 is 2.15 bits per heavy atom. The van der Waals surface area contributed by atoms with Crippen LogP contribution >= 0.6 is 0 Å². The average Bonchev–Trinajstić information content (AvgIpc) is 2.66. The van der Waals surface area contributed by atoms with Crippen molar-refractivity contribution in [1.29, 1.82) is 5.26 Å². The van der Waals surface area contributed by atoms with E-state index in [4.69, 9.17) is 0 Å². The van der Waals surface area contributed by atoms with Crippen molar-refractivity contribution in [1.82, 2.24) is 0 Å². The monoisotopic (exact) mass is 348 g/mol. The number of nitrogens with one attached hydrogen (secondary N) is 2. The fourth-order valence-corrected chi connectivity index (χ4v) is 2.50. The highest BCUT2D eigenvalue weighted by Gasteiger charge is 2.09. The highest BCUT2D eigenvalue weighted by molar-refractivity contribution is 6.06. The number of benzene rings is 2. The molecule has 0 unspecified atom stereocenters. The molecule has 5 heteroatoms. The van der Waals surface area contributed by atoms with Crippen LogP contribution in [0.5, 0.6) is 0 Å². The van der Waals surface area contributed by atoms with Crippen molar-refractivity contribution in [2.75, 3.05) is 28.6 Å². The lowest BCUT2D eigenvalue weighted by Gasteiger charge is -2.21. The minimum Gasteiger partial charge on any atom is -0.372 e. The van der Waals surface area contributed by atoms with Crippen LogP contribution in [0.3, 0.4) is 0 Å². The summed E-state index contributed by atoms with van der Waals surface area (Å²) in [4.78, 5) is 14.5. The van der Waals surface area contributed by atoms with Crippen LogP contribution < -0.4 is 15.5 Å². The molecule has 0 fully saturated rings. The molecule has 2 N–H and O–H groups in total. The molecule has 0 spiro atoms. The molecule has 0 saturated carbocycles. The zero-order valence-electron chi connectivity index (χ0n) is 15.4.